The van der Waals surface area contributed by atoms with Crippen LogP contribution in [0.5, 0.6) is 0 Å². The second kappa shape index (κ2) is 9.82. The lowest BCUT2D eigenvalue weighted by Crippen LogP contribution is -2.36. The number of nitrogens with zero attached hydrogens (tertiary/aromatic N) is 3. The summed E-state index contributed by atoms with van der Waals surface area (Å²) >= 11 is 0. The van der Waals surface area contributed by atoms with Gasteiger partial charge in [-0.25, -0.2) is 9.13 Å². The molecule has 36 heavy (non-hydrogen) atoms. The summed E-state index contributed by atoms with van der Waals surface area (Å²) in [5.41, 5.74) is 5.68. The highest BCUT2D eigenvalue weighted by atomic mass is 16.1. The number of ketones is 1. The molecule has 4 nitrogen and oxygen atoms in total. The molecule has 0 aliphatic rings. The van der Waals surface area contributed by atoms with E-state index in [1.807, 2.05) is 36.4 Å². The summed E-state index contributed by atoms with van der Waals surface area (Å²) in [6, 6.07) is 35.4. The van der Waals surface area contributed by atoms with Crippen LogP contribution in [-0.4, -0.2) is 14.9 Å². The van der Waals surface area contributed by atoms with Crippen LogP contribution in [0.15, 0.2) is 109 Å². The lowest BCUT2D eigenvalue weighted by molar-refractivity contribution is -0.658. The number of aryl methyl sites for hydroxylation is 2. The van der Waals surface area contributed by atoms with Gasteiger partial charge in [0.1, 0.15) is 0 Å². The van der Waals surface area contributed by atoms with E-state index in [1.54, 1.807) is 0 Å². The number of unbranched alkanes of at least 4 members (excludes halogenated alkanes) is 2. The molecule has 4 heteroatoms. The molecule has 0 aliphatic carbocycles. The van der Waals surface area contributed by atoms with E-state index in [9.17, 15) is 4.79 Å². The average Bonchev–Trinajstić information content (AvgIpc) is 3.44. The fraction of sp³-hybridized carbons (Fsp3) is 0.188. The van der Waals surface area contributed by atoms with Crippen LogP contribution in [0.4, 0.5) is 0 Å². The number of carbonyl (C=O) groups is 1. The van der Waals surface area contributed by atoms with E-state index in [2.05, 4.69) is 86.8 Å². The monoisotopic (exact) mass is 472 g/mol. The Balaban J connectivity index is 1.14. The van der Waals surface area contributed by atoms with Crippen molar-refractivity contribution in [2.24, 2.45) is 0 Å². The summed E-state index contributed by atoms with van der Waals surface area (Å²) in [5.74, 6) is 0.134. The molecule has 6 aromatic rings. The maximum Gasteiger partial charge on any atom is 0.245 e. The fourth-order valence-corrected chi connectivity index (χ4v) is 5.39. The Morgan fingerprint density at radius 3 is 1.92 bits per heavy atom. The summed E-state index contributed by atoms with van der Waals surface area (Å²) < 4.78 is 6.86. The third kappa shape index (κ3) is 4.20. The van der Waals surface area contributed by atoms with Crippen molar-refractivity contribution in [3.8, 4) is 0 Å². The predicted molar refractivity (Wildman–Crippen MR) is 146 cm³/mol. The minimum atomic E-state index is 0.134. The van der Waals surface area contributed by atoms with Gasteiger partial charge in [0.15, 0.2) is 17.6 Å². The van der Waals surface area contributed by atoms with Gasteiger partial charge in [-0.05, 0) is 43.5 Å². The van der Waals surface area contributed by atoms with Crippen molar-refractivity contribution in [2.75, 3.05) is 0 Å². The molecule has 0 bridgehead atoms. The number of benzene rings is 4. The Hall–Kier alpha value is -4.18. The number of imidazole rings is 1. The number of rotatable bonds is 9. The molecule has 0 fully saturated rings. The molecule has 0 saturated carbocycles. The van der Waals surface area contributed by atoms with Crippen LogP contribution < -0.4 is 4.57 Å². The minimum absolute atomic E-state index is 0.134. The highest BCUT2D eigenvalue weighted by Gasteiger charge is 2.18. The van der Waals surface area contributed by atoms with Gasteiger partial charge in [0.2, 0.25) is 12.1 Å². The van der Waals surface area contributed by atoms with E-state index < -0.39 is 0 Å². The van der Waals surface area contributed by atoms with Gasteiger partial charge in [-0.2, -0.15) is 0 Å². The number of hydrogen-bond donors (Lipinski definition) is 0. The molecular weight excluding hydrogens is 442 g/mol. The summed E-state index contributed by atoms with van der Waals surface area (Å²) in [4.78, 5) is 12.8. The van der Waals surface area contributed by atoms with Crippen molar-refractivity contribution in [1.82, 2.24) is 9.13 Å². The van der Waals surface area contributed by atoms with Crippen molar-refractivity contribution >= 4 is 38.6 Å². The van der Waals surface area contributed by atoms with E-state index in [-0.39, 0.29) is 5.78 Å². The van der Waals surface area contributed by atoms with Crippen molar-refractivity contribution in [3.63, 3.8) is 0 Å². The third-order valence-electron chi connectivity index (χ3n) is 7.15. The lowest BCUT2D eigenvalue weighted by Gasteiger charge is -2.07. The molecule has 0 N–H and O–H groups in total. The SMILES string of the molecule is O=C(C[n+]1cn(CCCCCn2c3ccccc3c3ccccc32)c2ccccc21)c1ccccc1. The largest absolute Gasteiger partial charge is 0.340 e. The Morgan fingerprint density at radius 1 is 0.611 bits per heavy atom. The maximum atomic E-state index is 12.8. The van der Waals surface area contributed by atoms with Crippen molar-refractivity contribution < 1.29 is 9.36 Å². The molecule has 4 aromatic carbocycles. The molecular formula is C32H30N3O+. The topological polar surface area (TPSA) is 30.8 Å². The van der Waals surface area contributed by atoms with E-state index in [0.29, 0.717) is 6.54 Å². The van der Waals surface area contributed by atoms with Crippen molar-refractivity contribution in [3.05, 3.63) is 115 Å². The van der Waals surface area contributed by atoms with Crippen LogP contribution in [-0.2, 0) is 19.6 Å². The first-order valence-electron chi connectivity index (χ1n) is 12.8. The maximum absolute atomic E-state index is 12.8. The van der Waals surface area contributed by atoms with E-state index in [4.69, 9.17) is 0 Å². The van der Waals surface area contributed by atoms with Crippen LogP contribution >= 0.6 is 0 Å². The molecule has 0 aliphatic heterocycles. The Bertz CT molecular complexity index is 1610. The highest BCUT2D eigenvalue weighted by molar-refractivity contribution is 6.07. The Kier molecular flexibility index (Phi) is 6.08. The zero-order valence-corrected chi connectivity index (χ0v) is 20.4. The summed E-state index contributed by atoms with van der Waals surface area (Å²) in [7, 11) is 0. The minimum Gasteiger partial charge on any atom is -0.340 e. The molecule has 0 atom stereocenters. The van der Waals surface area contributed by atoms with Crippen LogP contribution in [0, 0.1) is 0 Å². The predicted octanol–water partition coefficient (Wildman–Crippen LogP) is 6.79. The van der Waals surface area contributed by atoms with Crippen LogP contribution in [0.25, 0.3) is 32.8 Å². The number of carbonyl (C=O) groups excluding carboxylic acids is 1. The third-order valence-corrected chi connectivity index (χ3v) is 7.15. The average molecular weight is 473 g/mol. The first-order chi connectivity index (χ1) is 17.8. The van der Waals surface area contributed by atoms with Crippen LogP contribution in [0.2, 0.25) is 0 Å². The van der Waals surface area contributed by atoms with Crippen molar-refractivity contribution in [2.45, 2.75) is 38.9 Å². The summed E-state index contributed by atoms with van der Waals surface area (Å²) in [6.45, 7) is 2.32. The quantitative estimate of drug-likeness (QED) is 0.129. The number of para-hydroxylation sites is 4. The molecule has 2 heterocycles. The highest BCUT2D eigenvalue weighted by Crippen LogP contribution is 2.29. The molecule has 178 valence electrons. The van der Waals surface area contributed by atoms with E-state index in [1.165, 1.54) is 27.3 Å². The summed E-state index contributed by atoms with van der Waals surface area (Å²) in [6.07, 6.45) is 5.49. The van der Waals surface area contributed by atoms with Gasteiger partial charge < -0.3 is 4.57 Å². The van der Waals surface area contributed by atoms with Gasteiger partial charge in [0.05, 0.1) is 6.54 Å². The zero-order valence-electron chi connectivity index (χ0n) is 20.4. The van der Waals surface area contributed by atoms with E-state index >= 15 is 0 Å². The second-order valence-corrected chi connectivity index (χ2v) is 9.46. The molecule has 6 rings (SSSR count). The Labute approximate surface area is 211 Å². The molecule has 0 amide bonds. The Morgan fingerprint density at radius 2 is 1.19 bits per heavy atom. The van der Waals surface area contributed by atoms with Gasteiger partial charge >= 0.3 is 0 Å². The van der Waals surface area contributed by atoms with E-state index in [0.717, 1.165) is 43.4 Å². The second-order valence-electron chi connectivity index (χ2n) is 9.46. The standard InChI is InChI=1S/C32H30N3O/c36-32(25-13-3-1-4-14-25)23-34-24-33(30-19-9-10-20-31(30)34)21-11-2-12-22-35-28-17-7-5-15-26(28)27-16-6-8-18-29(27)35/h1,3-10,13-20,24H,2,11-12,21-23H2/q+1. The number of Topliss-reactive ketones (excluding diaryl/α,β-unsaturated/α-hetero) is 1. The normalized spacial score (nSPS) is 11.6. The molecule has 2 aromatic heterocycles. The zero-order chi connectivity index (χ0) is 24.3. The van der Waals surface area contributed by atoms with Gasteiger partial charge in [-0.3, -0.25) is 4.79 Å². The molecule has 0 spiro atoms. The molecule has 0 radical (unpaired) electrons. The van der Waals surface area contributed by atoms with Crippen LogP contribution in [0.3, 0.4) is 0 Å². The number of aromatic nitrogens is 3. The lowest BCUT2D eigenvalue weighted by atomic mass is 10.1. The molecule has 0 unspecified atom stereocenters. The summed E-state index contributed by atoms with van der Waals surface area (Å²) in [5, 5.41) is 2.67. The first-order valence-corrected chi connectivity index (χ1v) is 12.8. The molecule has 0 saturated heterocycles. The number of hydrogen-bond acceptors (Lipinski definition) is 1. The smallest absolute Gasteiger partial charge is 0.245 e. The number of fused-ring (bicyclic) bond motifs is 4. The van der Waals surface area contributed by atoms with Gasteiger partial charge in [-0.15, -0.1) is 0 Å². The van der Waals surface area contributed by atoms with Crippen molar-refractivity contribution in [1.29, 1.82) is 0 Å². The van der Waals surface area contributed by atoms with Gasteiger partial charge in [0.25, 0.3) is 0 Å². The van der Waals surface area contributed by atoms with Gasteiger partial charge in [-0.1, -0.05) is 78.9 Å². The van der Waals surface area contributed by atoms with Crippen LogP contribution in [0.1, 0.15) is 29.6 Å². The van der Waals surface area contributed by atoms with Gasteiger partial charge in [0, 0.05) is 33.9 Å². The fourth-order valence-electron chi connectivity index (χ4n) is 5.39. The first kappa shape index (κ1) is 22.3.